The number of nitriles is 1. The first kappa shape index (κ1) is 22.6. The number of rotatable bonds is 7. The third kappa shape index (κ3) is 4.52. The van der Waals surface area contributed by atoms with Crippen LogP contribution in [0.5, 0.6) is 0 Å². The zero-order chi connectivity index (χ0) is 22.8. The summed E-state index contributed by atoms with van der Waals surface area (Å²) in [6, 6.07) is 6.84. The topological polar surface area (TPSA) is 157 Å². The Labute approximate surface area is 177 Å². The lowest BCUT2D eigenvalue weighted by Gasteiger charge is -2.38. The molecule has 0 unspecified atom stereocenters. The van der Waals surface area contributed by atoms with Crippen molar-refractivity contribution in [1.29, 1.82) is 5.26 Å². The van der Waals surface area contributed by atoms with Gasteiger partial charge in [0.25, 0.3) is 5.91 Å². The van der Waals surface area contributed by atoms with E-state index in [2.05, 4.69) is 16.5 Å². The average Bonchev–Trinajstić information content (AvgIpc) is 3.15. The molecule has 1 aromatic carbocycles. The molecule has 5 N–H and O–H groups in total. The number of halogens is 2. The second-order valence-electron chi connectivity index (χ2n) is 7.55. The molecule has 1 fully saturated rings. The molecule has 0 bridgehead atoms. The summed E-state index contributed by atoms with van der Waals surface area (Å²) in [5, 5.41) is 16.6. The molecule has 9 nitrogen and oxygen atoms in total. The van der Waals surface area contributed by atoms with E-state index < -0.39 is 31.9 Å². The van der Waals surface area contributed by atoms with Crippen LogP contribution in [0.25, 0.3) is 0 Å². The van der Waals surface area contributed by atoms with Crippen molar-refractivity contribution in [2.24, 2.45) is 11.5 Å². The minimum absolute atomic E-state index is 0.0404. The van der Waals surface area contributed by atoms with Crippen LogP contribution in [0.15, 0.2) is 35.4 Å². The SMILES string of the molecule is N#CCC1(n2cc(C(N)=O)c(Nc3ccc(S(=O)(=O)C(F)F)cc3)n2)CCC(N)CC1. The lowest BCUT2D eigenvalue weighted by molar-refractivity contribution is 0.1000. The summed E-state index contributed by atoms with van der Waals surface area (Å²) in [4.78, 5) is 11.4. The van der Waals surface area contributed by atoms with E-state index in [1.54, 1.807) is 4.68 Å². The van der Waals surface area contributed by atoms with E-state index >= 15 is 0 Å². The second kappa shape index (κ2) is 8.60. The van der Waals surface area contributed by atoms with Crippen molar-refractivity contribution in [2.75, 3.05) is 5.32 Å². The Bertz CT molecular complexity index is 1100. The molecule has 12 heteroatoms. The van der Waals surface area contributed by atoms with Crippen LogP contribution in [-0.2, 0) is 15.4 Å². The molecular formula is C19H22F2N6O3S. The number of carbonyl (C=O) groups excluding carboxylic acids is 1. The maximum Gasteiger partial charge on any atom is 0.341 e. The standard InChI is InChI=1S/C19H22F2N6O3S/c20-18(21)31(29,30)14-3-1-13(2-4-14)25-17-15(16(24)28)11-27(26-17)19(9-10-22)7-5-12(23)6-8-19/h1-4,11-12,18H,5-9,23H2,(H2,24,28)(H,25,26). The highest BCUT2D eigenvalue weighted by molar-refractivity contribution is 7.91. The van der Waals surface area contributed by atoms with Crippen molar-refractivity contribution in [3.63, 3.8) is 0 Å². The molecule has 1 heterocycles. The van der Waals surface area contributed by atoms with Crippen LogP contribution in [0, 0.1) is 11.3 Å². The van der Waals surface area contributed by atoms with Crippen molar-refractivity contribution in [1.82, 2.24) is 9.78 Å². The molecular weight excluding hydrogens is 430 g/mol. The third-order valence-electron chi connectivity index (χ3n) is 5.51. The molecule has 0 atom stereocenters. The number of hydrogen-bond acceptors (Lipinski definition) is 7. The highest BCUT2D eigenvalue weighted by Crippen LogP contribution is 2.38. The molecule has 0 radical (unpaired) electrons. The minimum Gasteiger partial charge on any atom is -0.365 e. The zero-order valence-corrected chi connectivity index (χ0v) is 17.3. The molecule has 1 saturated carbocycles. The number of nitrogens with one attached hydrogen (secondary N) is 1. The van der Waals surface area contributed by atoms with E-state index in [0.29, 0.717) is 31.4 Å². The minimum atomic E-state index is -4.71. The van der Waals surface area contributed by atoms with Crippen LogP contribution in [0.3, 0.4) is 0 Å². The third-order valence-corrected chi connectivity index (χ3v) is 6.91. The van der Waals surface area contributed by atoms with Crippen LogP contribution in [-0.4, -0.2) is 35.9 Å². The Morgan fingerprint density at radius 2 is 1.94 bits per heavy atom. The predicted octanol–water partition coefficient (Wildman–Crippen LogP) is 2.23. The van der Waals surface area contributed by atoms with Gasteiger partial charge in [0.2, 0.25) is 9.84 Å². The van der Waals surface area contributed by atoms with Gasteiger partial charge in [-0.25, -0.2) is 8.42 Å². The zero-order valence-electron chi connectivity index (χ0n) is 16.5. The van der Waals surface area contributed by atoms with E-state index in [4.69, 9.17) is 11.5 Å². The van der Waals surface area contributed by atoms with Gasteiger partial charge in [0.05, 0.1) is 22.9 Å². The smallest absolute Gasteiger partial charge is 0.341 e. The number of anilines is 2. The summed E-state index contributed by atoms with van der Waals surface area (Å²) >= 11 is 0. The average molecular weight is 452 g/mol. The number of carbonyl (C=O) groups is 1. The van der Waals surface area contributed by atoms with Gasteiger partial charge in [-0.1, -0.05) is 0 Å². The fourth-order valence-corrected chi connectivity index (χ4v) is 4.39. The molecule has 0 spiro atoms. The van der Waals surface area contributed by atoms with E-state index in [1.807, 2.05) is 0 Å². The van der Waals surface area contributed by atoms with Crippen molar-refractivity contribution >= 4 is 27.2 Å². The van der Waals surface area contributed by atoms with Crippen LogP contribution in [0.1, 0.15) is 42.5 Å². The van der Waals surface area contributed by atoms with Crippen molar-refractivity contribution in [3.05, 3.63) is 36.0 Å². The quantitative estimate of drug-likeness (QED) is 0.581. The number of amides is 1. The molecule has 0 saturated heterocycles. The lowest BCUT2D eigenvalue weighted by atomic mass is 9.78. The van der Waals surface area contributed by atoms with Crippen LogP contribution in [0.4, 0.5) is 20.3 Å². The summed E-state index contributed by atoms with van der Waals surface area (Å²) < 4.78 is 50.1. The summed E-state index contributed by atoms with van der Waals surface area (Å²) in [5.74, 6) is -4.15. The Kier molecular flexibility index (Phi) is 6.28. The first-order valence-electron chi connectivity index (χ1n) is 9.51. The number of nitrogens with two attached hydrogens (primary N) is 2. The van der Waals surface area contributed by atoms with Crippen molar-refractivity contribution in [2.45, 2.75) is 54.3 Å². The maximum atomic E-state index is 12.7. The number of aromatic nitrogens is 2. The van der Waals surface area contributed by atoms with E-state index in [-0.39, 0.29) is 23.8 Å². The first-order chi connectivity index (χ1) is 14.6. The lowest BCUT2D eigenvalue weighted by Crippen LogP contribution is -2.41. The molecule has 1 aliphatic carbocycles. The van der Waals surface area contributed by atoms with Gasteiger partial charge in [-0.05, 0) is 49.9 Å². The molecule has 2 aromatic rings. The Balaban J connectivity index is 1.93. The van der Waals surface area contributed by atoms with E-state index in [1.165, 1.54) is 18.3 Å². The normalized spacial score (nSPS) is 21.6. The van der Waals surface area contributed by atoms with Gasteiger partial charge in [-0.15, -0.1) is 0 Å². The molecule has 0 aliphatic heterocycles. The highest BCUT2D eigenvalue weighted by atomic mass is 32.2. The van der Waals surface area contributed by atoms with Gasteiger partial charge in [0.1, 0.15) is 5.56 Å². The van der Waals surface area contributed by atoms with Crippen molar-refractivity contribution in [3.8, 4) is 6.07 Å². The largest absolute Gasteiger partial charge is 0.365 e. The molecule has 1 aliphatic rings. The van der Waals surface area contributed by atoms with Gasteiger partial charge in [-0.3, -0.25) is 9.48 Å². The number of primary amides is 1. The Morgan fingerprint density at radius 3 is 2.45 bits per heavy atom. The fourth-order valence-electron chi connectivity index (χ4n) is 3.67. The summed E-state index contributed by atoms with van der Waals surface area (Å²) in [5.41, 5.74) is 11.3. The second-order valence-corrected chi connectivity index (χ2v) is 9.47. The van der Waals surface area contributed by atoms with E-state index in [9.17, 15) is 27.3 Å². The molecule has 3 rings (SSSR count). The van der Waals surface area contributed by atoms with Crippen LogP contribution in [0.2, 0.25) is 0 Å². The fraction of sp³-hybridized carbons (Fsp3) is 0.421. The first-order valence-corrected chi connectivity index (χ1v) is 11.1. The number of alkyl halides is 2. The monoisotopic (exact) mass is 452 g/mol. The number of benzene rings is 1. The number of hydrogen-bond donors (Lipinski definition) is 3. The molecule has 166 valence electrons. The Morgan fingerprint density at radius 1 is 1.32 bits per heavy atom. The van der Waals surface area contributed by atoms with Gasteiger partial charge < -0.3 is 16.8 Å². The Hall–Kier alpha value is -3.04. The number of nitrogens with zero attached hydrogens (tertiary/aromatic N) is 3. The van der Waals surface area contributed by atoms with Crippen molar-refractivity contribution < 1.29 is 22.0 Å². The molecule has 31 heavy (non-hydrogen) atoms. The molecule has 1 amide bonds. The summed E-state index contributed by atoms with van der Waals surface area (Å²) in [7, 11) is -4.71. The summed E-state index contributed by atoms with van der Waals surface area (Å²) in [6.45, 7) is 0. The highest BCUT2D eigenvalue weighted by Gasteiger charge is 2.38. The van der Waals surface area contributed by atoms with Crippen LogP contribution >= 0.6 is 0 Å². The summed E-state index contributed by atoms with van der Waals surface area (Å²) in [6.07, 6.45) is 4.29. The number of sulfone groups is 1. The molecule has 1 aromatic heterocycles. The van der Waals surface area contributed by atoms with Crippen LogP contribution < -0.4 is 16.8 Å². The van der Waals surface area contributed by atoms with E-state index in [0.717, 1.165) is 12.1 Å². The van der Waals surface area contributed by atoms with Gasteiger partial charge in [0, 0.05) is 17.9 Å². The van der Waals surface area contributed by atoms with Gasteiger partial charge in [0.15, 0.2) is 5.82 Å². The maximum absolute atomic E-state index is 12.7. The van der Waals surface area contributed by atoms with Gasteiger partial charge >= 0.3 is 5.76 Å². The van der Waals surface area contributed by atoms with Gasteiger partial charge in [-0.2, -0.15) is 19.1 Å². The predicted molar refractivity (Wildman–Crippen MR) is 108 cm³/mol.